The van der Waals surface area contributed by atoms with Gasteiger partial charge in [-0.05, 0) is 57.8 Å². The van der Waals surface area contributed by atoms with Gasteiger partial charge in [0.25, 0.3) is 0 Å². The molecule has 0 radical (unpaired) electrons. The summed E-state index contributed by atoms with van der Waals surface area (Å²) in [5.41, 5.74) is 1.77. The van der Waals surface area contributed by atoms with Gasteiger partial charge in [0.1, 0.15) is 0 Å². The molecular formula is C16H22N6O. The lowest BCUT2D eigenvalue weighted by atomic mass is 9.93. The molecule has 122 valence electrons. The summed E-state index contributed by atoms with van der Waals surface area (Å²) in [5, 5.41) is 16.1. The average Bonchev–Trinajstić information content (AvgIpc) is 2.98. The highest BCUT2D eigenvalue weighted by molar-refractivity contribution is 5.82. The zero-order valence-corrected chi connectivity index (χ0v) is 13.4. The van der Waals surface area contributed by atoms with E-state index < -0.39 is 0 Å². The van der Waals surface area contributed by atoms with Gasteiger partial charge in [-0.25, -0.2) is 0 Å². The fourth-order valence-electron chi connectivity index (χ4n) is 3.73. The van der Waals surface area contributed by atoms with Crippen LogP contribution in [-0.2, 0) is 4.79 Å². The van der Waals surface area contributed by atoms with Gasteiger partial charge in [-0.2, -0.15) is 9.61 Å². The standard InChI is InChI=1S/C16H22N6O/c1-11-4-5-14-18-19-15(22(14)20-11)12-6-9-21(10-7-12)13-3-2-8-17-16(13)23/h4-5,12-13H,2-3,6-10H2,1H3,(H,17,23). The van der Waals surface area contributed by atoms with E-state index in [1.54, 1.807) is 0 Å². The zero-order chi connectivity index (χ0) is 15.8. The number of amides is 1. The largest absolute Gasteiger partial charge is 0.355 e. The normalized spacial score (nSPS) is 24.0. The van der Waals surface area contributed by atoms with Crippen LogP contribution in [0, 0.1) is 6.92 Å². The van der Waals surface area contributed by atoms with Crippen LogP contribution in [0.5, 0.6) is 0 Å². The number of carbonyl (C=O) groups is 1. The van der Waals surface area contributed by atoms with Crippen molar-refractivity contribution in [3.63, 3.8) is 0 Å². The van der Waals surface area contributed by atoms with Gasteiger partial charge in [-0.3, -0.25) is 9.69 Å². The summed E-state index contributed by atoms with van der Waals surface area (Å²) in [4.78, 5) is 14.4. The molecule has 4 heterocycles. The number of aromatic nitrogens is 4. The smallest absolute Gasteiger partial charge is 0.237 e. The van der Waals surface area contributed by atoms with Crippen molar-refractivity contribution >= 4 is 11.6 Å². The summed E-state index contributed by atoms with van der Waals surface area (Å²) >= 11 is 0. The van der Waals surface area contributed by atoms with E-state index in [1.165, 1.54) is 0 Å². The Kier molecular flexibility index (Phi) is 3.72. The Hall–Kier alpha value is -2.02. The first-order valence-electron chi connectivity index (χ1n) is 8.43. The van der Waals surface area contributed by atoms with Crippen molar-refractivity contribution in [1.29, 1.82) is 0 Å². The Morgan fingerprint density at radius 1 is 1.17 bits per heavy atom. The number of carbonyl (C=O) groups excluding carboxylic acids is 1. The fourth-order valence-corrected chi connectivity index (χ4v) is 3.73. The van der Waals surface area contributed by atoms with Crippen LogP contribution in [0.4, 0.5) is 0 Å². The van der Waals surface area contributed by atoms with Crippen molar-refractivity contribution in [2.24, 2.45) is 0 Å². The maximum atomic E-state index is 12.0. The number of nitrogens with zero attached hydrogens (tertiary/aromatic N) is 5. The first kappa shape index (κ1) is 14.6. The summed E-state index contributed by atoms with van der Waals surface area (Å²) in [6.45, 7) is 4.67. The van der Waals surface area contributed by atoms with Crippen molar-refractivity contribution in [1.82, 2.24) is 30.0 Å². The minimum absolute atomic E-state index is 0.0558. The maximum absolute atomic E-state index is 12.0. The van der Waals surface area contributed by atoms with Gasteiger partial charge < -0.3 is 5.32 Å². The number of hydrogen-bond donors (Lipinski definition) is 1. The van der Waals surface area contributed by atoms with Crippen molar-refractivity contribution in [2.45, 2.75) is 44.6 Å². The zero-order valence-electron chi connectivity index (χ0n) is 13.4. The molecule has 0 saturated carbocycles. The molecule has 4 rings (SSSR count). The topological polar surface area (TPSA) is 75.4 Å². The lowest BCUT2D eigenvalue weighted by molar-refractivity contribution is -0.128. The van der Waals surface area contributed by atoms with Crippen molar-refractivity contribution in [3.8, 4) is 0 Å². The first-order valence-corrected chi connectivity index (χ1v) is 8.43. The lowest BCUT2D eigenvalue weighted by Gasteiger charge is -2.37. The van der Waals surface area contributed by atoms with Crippen LogP contribution in [0.3, 0.4) is 0 Å². The third-order valence-electron chi connectivity index (χ3n) is 5.01. The molecule has 2 aromatic rings. The van der Waals surface area contributed by atoms with Gasteiger partial charge in [-0.1, -0.05) is 0 Å². The van der Waals surface area contributed by atoms with E-state index in [-0.39, 0.29) is 11.9 Å². The molecule has 1 atom stereocenters. The number of aryl methyl sites for hydroxylation is 1. The van der Waals surface area contributed by atoms with E-state index in [4.69, 9.17) is 0 Å². The minimum Gasteiger partial charge on any atom is -0.355 e. The summed E-state index contributed by atoms with van der Waals surface area (Å²) in [5.74, 6) is 1.51. The Bertz CT molecular complexity index is 718. The summed E-state index contributed by atoms with van der Waals surface area (Å²) < 4.78 is 1.88. The van der Waals surface area contributed by atoms with Crippen molar-refractivity contribution in [3.05, 3.63) is 23.7 Å². The fraction of sp³-hybridized carbons (Fsp3) is 0.625. The molecule has 2 aromatic heterocycles. The maximum Gasteiger partial charge on any atom is 0.237 e. The second kappa shape index (κ2) is 5.88. The van der Waals surface area contributed by atoms with Crippen LogP contribution >= 0.6 is 0 Å². The summed E-state index contributed by atoms with van der Waals surface area (Å²) in [6, 6.07) is 3.97. The Morgan fingerprint density at radius 2 is 2.00 bits per heavy atom. The molecule has 2 aliphatic heterocycles. The van der Waals surface area contributed by atoms with E-state index in [2.05, 4.69) is 25.5 Å². The predicted octanol–water partition coefficient (Wildman–Crippen LogP) is 0.891. The molecule has 7 nitrogen and oxygen atoms in total. The van der Waals surface area contributed by atoms with Crippen LogP contribution in [0.25, 0.3) is 5.65 Å². The quantitative estimate of drug-likeness (QED) is 0.891. The number of fused-ring (bicyclic) bond motifs is 1. The van der Waals surface area contributed by atoms with E-state index in [9.17, 15) is 4.79 Å². The number of likely N-dealkylation sites (tertiary alicyclic amines) is 1. The van der Waals surface area contributed by atoms with Crippen molar-refractivity contribution in [2.75, 3.05) is 19.6 Å². The van der Waals surface area contributed by atoms with Crippen LogP contribution in [-0.4, -0.2) is 56.3 Å². The van der Waals surface area contributed by atoms with Crippen LogP contribution < -0.4 is 5.32 Å². The molecule has 2 aliphatic rings. The van der Waals surface area contributed by atoms with Gasteiger partial charge in [0.05, 0.1) is 11.7 Å². The van der Waals surface area contributed by atoms with Crippen molar-refractivity contribution < 1.29 is 4.79 Å². The summed E-state index contributed by atoms with van der Waals surface area (Å²) in [6.07, 6.45) is 4.06. The molecule has 0 aliphatic carbocycles. The van der Waals surface area contributed by atoms with Gasteiger partial charge in [-0.15, -0.1) is 10.2 Å². The second-order valence-corrected chi connectivity index (χ2v) is 6.56. The molecule has 23 heavy (non-hydrogen) atoms. The van der Waals surface area contributed by atoms with Crippen LogP contribution in [0.15, 0.2) is 12.1 Å². The highest BCUT2D eigenvalue weighted by Crippen LogP contribution is 2.28. The van der Waals surface area contributed by atoms with E-state index in [0.717, 1.165) is 62.5 Å². The van der Waals surface area contributed by atoms with Gasteiger partial charge in [0, 0.05) is 12.5 Å². The molecule has 0 spiro atoms. The van der Waals surface area contributed by atoms with Gasteiger partial charge in [0.15, 0.2) is 11.5 Å². The SMILES string of the molecule is Cc1ccc2nnc(C3CCN(C4CCCNC4=O)CC3)n2n1. The predicted molar refractivity (Wildman–Crippen MR) is 85.1 cm³/mol. The van der Waals surface area contributed by atoms with Crippen LogP contribution in [0.2, 0.25) is 0 Å². The Balaban J connectivity index is 1.48. The number of piperidine rings is 2. The van der Waals surface area contributed by atoms with E-state index >= 15 is 0 Å². The highest BCUT2D eigenvalue weighted by Gasteiger charge is 2.33. The third kappa shape index (κ3) is 2.69. The van der Waals surface area contributed by atoms with Gasteiger partial charge >= 0.3 is 0 Å². The molecule has 0 bridgehead atoms. The lowest BCUT2D eigenvalue weighted by Crippen LogP contribution is -2.52. The average molecular weight is 314 g/mol. The first-order chi connectivity index (χ1) is 11.2. The van der Waals surface area contributed by atoms with Crippen LogP contribution in [0.1, 0.15) is 43.1 Å². The number of nitrogens with one attached hydrogen (secondary N) is 1. The third-order valence-corrected chi connectivity index (χ3v) is 5.01. The number of hydrogen-bond acceptors (Lipinski definition) is 5. The molecule has 0 aromatic carbocycles. The Labute approximate surface area is 135 Å². The molecule has 2 fully saturated rings. The highest BCUT2D eigenvalue weighted by atomic mass is 16.2. The molecule has 7 heteroatoms. The monoisotopic (exact) mass is 314 g/mol. The second-order valence-electron chi connectivity index (χ2n) is 6.56. The van der Waals surface area contributed by atoms with Gasteiger partial charge in [0.2, 0.25) is 5.91 Å². The molecular weight excluding hydrogens is 292 g/mol. The number of rotatable bonds is 2. The molecule has 1 unspecified atom stereocenters. The minimum atomic E-state index is 0.0558. The summed E-state index contributed by atoms with van der Waals surface area (Å²) in [7, 11) is 0. The Morgan fingerprint density at radius 3 is 2.78 bits per heavy atom. The molecule has 1 amide bonds. The van der Waals surface area contributed by atoms with E-state index in [1.807, 2.05) is 23.6 Å². The van der Waals surface area contributed by atoms with E-state index in [0.29, 0.717) is 5.92 Å². The molecule has 2 saturated heterocycles. The molecule has 1 N–H and O–H groups in total.